The van der Waals surface area contributed by atoms with Crippen LogP contribution in [-0.2, 0) is 10.0 Å². The van der Waals surface area contributed by atoms with Gasteiger partial charge in [-0.05, 0) is 49.4 Å². The summed E-state index contributed by atoms with van der Waals surface area (Å²) in [6.45, 7) is 3.20. The lowest BCUT2D eigenvalue weighted by Gasteiger charge is -2.17. The lowest BCUT2D eigenvalue weighted by atomic mass is 10.0. The number of nitrogens with zero attached hydrogens (tertiary/aromatic N) is 1. The molecule has 7 heteroatoms. The van der Waals surface area contributed by atoms with Crippen LogP contribution in [-0.4, -0.2) is 45.2 Å². The molecule has 0 saturated carbocycles. The minimum Gasteiger partial charge on any atom is -0.316 e. The number of hydrogen-bond donors (Lipinski definition) is 1. The summed E-state index contributed by atoms with van der Waals surface area (Å²) < 4.78 is 26.9. The van der Waals surface area contributed by atoms with E-state index in [2.05, 4.69) is 5.32 Å². The Balaban J connectivity index is 0.00000147. The second-order valence-electron chi connectivity index (χ2n) is 5.18. The molecular weight excluding hydrogens is 316 g/mol. The number of thioether (sulfide) groups is 1. The van der Waals surface area contributed by atoms with E-state index in [9.17, 15) is 8.42 Å². The van der Waals surface area contributed by atoms with Gasteiger partial charge in [0.05, 0.1) is 4.90 Å². The molecule has 20 heavy (non-hydrogen) atoms. The number of sulfonamides is 1. The topological polar surface area (TPSA) is 49.4 Å². The van der Waals surface area contributed by atoms with Gasteiger partial charge in [-0.3, -0.25) is 0 Å². The fourth-order valence-electron chi connectivity index (χ4n) is 2.92. The molecule has 2 fully saturated rings. The van der Waals surface area contributed by atoms with Gasteiger partial charge in [-0.2, -0.15) is 4.31 Å². The van der Waals surface area contributed by atoms with E-state index in [4.69, 9.17) is 0 Å². The molecule has 0 aromatic heterocycles. The van der Waals surface area contributed by atoms with Crippen LogP contribution in [0.3, 0.4) is 0 Å². The van der Waals surface area contributed by atoms with Gasteiger partial charge in [-0.1, -0.05) is 6.07 Å². The summed E-state index contributed by atoms with van der Waals surface area (Å²) in [4.78, 5) is 1.41. The van der Waals surface area contributed by atoms with E-state index in [0.717, 1.165) is 18.0 Å². The summed E-state index contributed by atoms with van der Waals surface area (Å²) in [6, 6.07) is 7.22. The Hall–Kier alpha value is -0.270. The van der Waals surface area contributed by atoms with Crippen LogP contribution < -0.4 is 5.32 Å². The fraction of sp³-hybridized carbons (Fsp3) is 0.538. The molecule has 2 heterocycles. The third-order valence-corrected chi connectivity index (χ3v) is 6.59. The standard InChI is InChI=1S/C13H18N2O2S2.ClH/c1-18-12-3-2-4-13(5-12)19(16,17)15-8-10-6-14-7-11(10)9-15;/h2-5,10-11,14H,6-9H2,1H3;1H/t10-,11+;. The van der Waals surface area contributed by atoms with Crippen molar-refractivity contribution in [1.82, 2.24) is 9.62 Å². The molecule has 112 valence electrons. The summed E-state index contributed by atoms with van der Waals surface area (Å²) in [7, 11) is -3.32. The van der Waals surface area contributed by atoms with E-state index in [1.807, 2.05) is 18.4 Å². The molecule has 0 aliphatic carbocycles. The van der Waals surface area contributed by atoms with Crippen molar-refractivity contribution in [3.05, 3.63) is 24.3 Å². The third kappa shape index (κ3) is 2.85. The lowest BCUT2D eigenvalue weighted by molar-refractivity contribution is 0.448. The van der Waals surface area contributed by atoms with E-state index in [-0.39, 0.29) is 12.4 Å². The van der Waals surface area contributed by atoms with Gasteiger partial charge in [0.2, 0.25) is 10.0 Å². The smallest absolute Gasteiger partial charge is 0.243 e. The van der Waals surface area contributed by atoms with E-state index >= 15 is 0 Å². The molecule has 0 radical (unpaired) electrons. The van der Waals surface area contributed by atoms with Crippen LogP contribution in [0.5, 0.6) is 0 Å². The second kappa shape index (κ2) is 6.23. The summed E-state index contributed by atoms with van der Waals surface area (Å²) in [5.74, 6) is 0.969. The van der Waals surface area contributed by atoms with Gasteiger partial charge in [-0.15, -0.1) is 24.2 Å². The Labute approximate surface area is 130 Å². The Morgan fingerprint density at radius 1 is 1.25 bits per heavy atom. The first-order valence-corrected chi connectivity index (χ1v) is 9.12. The Kier molecular flexibility index (Phi) is 5.02. The van der Waals surface area contributed by atoms with Crippen molar-refractivity contribution in [1.29, 1.82) is 0 Å². The minimum absolute atomic E-state index is 0. The molecule has 0 unspecified atom stereocenters. The first kappa shape index (κ1) is 16.1. The lowest BCUT2D eigenvalue weighted by Crippen LogP contribution is -2.31. The second-order valence-corrected chi connectivity index (χ2v) is 8.00. The van der Waals surface area contributed by atoms with Crippen molar-refractivity contribution >= 4 is 34.2 Å². The SMILES string of the molecule is CSc1cccc(S(=O)(=O)N2C[C@H]3CNC[C@H]3C2)c1.Cl. The quantitative estimate of drug-likeness (QED) is 0.854. The van der Waals surface area contributed by atoms with Crippen LogP contribution in [0, 0.1) is 11.8 Å². The van der Waals surface area contributed by atoms with Gasteiger partial charge in [-0.25, -0.2) is 8.42 Å². The van der Waals surface area contributed by atoms with Crippen molar-refractivity contribution in [3.63, 3.8) is 0 Å². The Morgan fingerprint density at radius 3 is 2.50 bits per heavy atom. The Morgan fingerprint density at radius 2 is 1.90 bits per heavy atom. The van der Waals surface area contributed by atoms with Gasteiger partial charge in [0.15, 0.2) is 0 Å². The molecule has 3 rings (SSSR count). The molecule has 0 amide bonds. The zero-order valence-corrected chi connectivity index (χ0v) is 13.7. The summed E-state index contributed by atoms with van der Waals surface area (Å²) in [5.41, 5.74) is 0. The highest BCUT2D eigenvalue weighted by Gasteiger charge is 2.41. The highest BCUT2D eigenvalue weighted by atomic mass is 35.5. The van der Waals surface area contributed by atoms with Crippen molar-refractivity contribution < 1.29 is 8.42 Å². The van der Waals surface area contributed by atoms with Crippen LogP contribution in [0.4, 0.5) is 0 Å². The monoisotopic (exact) mass is 334 g/mol. The maximum Gasteiger partial charge on any atom is 0.243 e. The average molecular weight is 335 g/mol. The van der Waals surface area contributed by atoms with Gasteiger partial charge >= 0.3 is 0 Å². The zero-order valence-electron chi connectivity index (χ0n) is 11.3. The summed E-state index contributed by atoms with van der Waals surface area (Å²) >= 11 is 1.57. The van der Waals surface area contributed by atoms with Gasteiger partial charge in [0, 0.05) is 18.0 Å². The highest BCUT2D eigenvalue weighted by molar-refractivity contribution is 7.98. The van der Waals surface area contributed by atoms with Gasteiger partial charge in [0.1, 0.15) is 0 Å². The van der Waals surface area contributed by atoms with Crippen LogP contribution >= 0.6 is 24.2 Å². The number of benzene rings is 1. The molecule has 1 aromatic rings. The fourth-order valence-corrected chi connectivity index (χ4v) is 5.05. The van der Waals surface area contributed by atoms with Gasteiger partial charge < -0.3 is 5.32 Å². The minimum atomic E-state index is -3.32. The third-order valence-electron chi connectivity index (χ3n) is 4.03. The molecule has 1 N–H and O–H groups in total. The molecule has 1 aromatic carbocycles. The molecule has 0 spiro atoms. The molecule has 4 nitrogen and oxygen atoms in total. The molecular formula is C13H19ClN2O2S2. The number of hydrogen-bond acceptors (Lipinski definition) is 4. The van der Waals surface area contributed by atoms with E-state index < -0.39 is 10.0 Å². The van der Waals surface area contributed by atoms with Crippen molar-refractivity contribution in [2.45, 2.75) is 9.79 Å². The first-order valence-electron chi connectivity index (χ1n) is 6.46. The van der Waals surface area contributed by atoms with Crippen molar-refractivity contribution in [2.24, 2.45) is 11.8 Å². The van der Waals surface area contributed by atoms with Gasteiger partial charge in [0.25, 0.3) is 0 Å². The van der Waals surface area contributed by atoms with Crippen LogP contribution in [0.1, 0.15) is 0 Å². The molecule has 0 bridgehead atoms. The largest absolute Gasteiger partial charge is 0.316 e. The van der Waals surface area contributed by atoms with E-state index in [0.29, 0.717) is 29.8 Å². The first-order chi connectivity index (χ1) is 9.11. The number of halogens is 1. The van der Waals surface area contributed by atoms with Crippen LogP contribution in [0.2, 0.25) is 0 Å². The number of fused-ring (bicyclic) bond motifs is 1. The van der Waals surface area contributed by atoms with Crippen LogP contribution in [0.15, 0.2) is 34.1 Å². The maximum atomic E-state index is 12.6. The summed E-state index contributed by atoms with van der Waals surface area (Å²) in [6.07, 6.45) is 1.96. The average Bonchev–Trinajstić information content (AvgIpc) is 2.99. The van der Waals surface area contributed by atoms with Crippen molar-refractivity contribution in [2.75, 3.05) is 32.4 Å². The van der Waals surface area contributed by atoms with Crippen LogP contribution in [0.25, 0.3) is 0 Å². The van der Waals surface area contributed by atoms with Crippen molar-refractivity contribution in [3.8, 4) is 0 Å². The Bertz CT molecular complexity index is 567. The molecule has 2 atom stereocenters. The highest BCUT2D eigenvalue weighted by Crippen LogP contribution is 2.31. The predicted octanol–water partition coefficient (Wildman–Crippen LogP) is 1.67. The maximum absolute atomic E-state index is 12.6. The molecule has 2 aliphatic heterocycles. The zero-order chi connectivity index (χ0) is 13.5. The summed E-state index contributed by atoms with van der Waals surface area (Å²) in [5, 5.41) is 3.33. The number of rotatable bonds is 3. The molecule has 2 aliphatic rings. The predicted molar refractivity (Wildman–Crippen MR) is 84.1 cm³/mol. The number of nitrogens with one attached hydrogen (secondary N) is 1. The van der Waals surface area contributed by atoms with E-state index in [1.54, 1.807) is 28.2 Å². The normalized spacial score (nSPS) is 26.2. The molecule has 2 saturated heterocycles. The van der Waals surface area contributed by atoms with E-state index in [1.165, 1.54) is 0 Å².